The second-order valence-electron chi connectivity index (χ2n) is 4.99. The number of fused-ring (bicyclic) bond motifs is 1. The van der Waals surface area contributed by atoms with Gasteiger partial charge in [0.2, 0.25) is 0 Å². The van der Waals surface area contributed by atoms with Gasteiger partial charge in [-0.25, -0.2) is 9.50 Å². The van der Waals surface area contributed by atoms with Crippen molar-refractivity contribution >= 4 is 39.1 Å². The third kappa shape index (κ3) is 3.37. The molecule has 0 fully saturated rings. The summed E-state index contributed by atoms with van der Waals surface area (Å²) in [7, 11) is 0. The summed E-state index contributed by atoms with van der Waals surface area (Å²) in [5, 5.41) is 11.6. The van der Waals surface area contributed by atoms with Crippen molar-refractivity contribution < 1.29 is 4.79 Å². The quantitative estimate of drug-likeness (QED) is 0.671. The van der Waals surface area contributed by atoms with Crippen LogP contribution in [0.3, 0.4) is 0 Å². The number of hydrogen-bond acceptors (Lipinski definition) is 4. The van der Waals surface area contributed by atoms with Crippen molar-refractivity contribution in [3.05, 3.63) is 45.5 Å². The van der Waals surface area contributed by atoms with Crippen LogP contribution in [0.25, 0.3) is 5.65 Å². The SMILES string of the molecule is Cc1nn(CCCNC(=O)c2nn3cccnc3c2Cl)cc1Br. The third-order valence-corrected chi connectivity index (χ3v) is 4.42. The molecule has 0 spiro atoms. The Kier molecular flexibility index (Phi) is 4.63. The van der Waals surface area contributed by atoms with Gasteiger partial charge in [-0.15, -0.1) is 0 Å². The molecule has 7 nitrogen and oxygen atoms in total. The van der Waals surface area contributed by atoms with Crippen LogP contribution in [0.2, 0.25) is 5.02 Å². The average molecular weight is 398 g/mol. The van der Waals surface area contributed by atoms with Gasteiger partial charge in [0.05, 0.1) is 10.2 Å². The van der Waals surface area contributed by atoms with Crippen LogP contribution in [-0.2, 0) is 6.54 Å². The first kappa shape index (κ1) is 15.9. The molecule has 3 rings (SSSR count). The summed E-state index contributed by atoms with van der Waals surface area (Å²) in [6.07, 6.45) is 5.97. The summed E-state index contributed by atoms with van der Waals surface area (Å²) < 4.78 is 4.31. The van der Waals surface area contributed by atoms with E-state index in [-0.39, 0.29) is 16.6 Å². The smallest absolute Gasteiger partial charge is 0.273 e. The second kappa shape index (κ2) is 6.67. The molecule has 0 atom stereocenters. The number of aryl methyl sites for hydroxylation is 2. The molecule has 0 bridgehead atoms. The summed E-state index contributed by atoms with van der Waals surface area (Å²) in [6, 6.07) is 1.72. The molecule has 0 aliphatic carbocycles. The predicted molar refractivity (Wildman–Crippen MR) is 89.6 cm³/mol. The maximum absolute atomic E-state index is 12.2. The average Bonchev–Trinajstić information content (AvgIpc) is 3.04. The lowest BCUT2D eigenvalue weighted by Gasteiger charge is -2.04. The lowest BCUT2D eigenvalue weighted by molar-refractivity contribution is 0.0947. The number of nitrogens with zero attached hydrogens (tertiary/aromatic N) is 5. The molecular weight excluding hydrogens is 384 g/mol. The third-order valence-electron chi connectivity index (χ3n) is 3.29. The number of carbonyl (C=O) groups is 1. The van der Waals surface area contributed by atoms with E-state index in [0.29, 0.717) is 18.7 Å². The molecule has 0 saturated carbocycles. The molecule has 120 valence electrons. The van der Waals surface area contributed by atoms with Gasteiger partial charge in [-0.1, -0.05) is 11.6 Å². The summed E-state index contributed by atoms with van der Waals surface area (Å²) in [5.41, 5.74) is 1.59. The van der Waals surface area contributed by atoms with Crippen LogP contribution in [0.5, 0.6) is 0 Å². The van der Waals surface area contributed by atoms with E-state index in [4.69, 9.17) is 11.6 Å². The first-order valence-electron chi connectivity index (χ1n) is 7.03. The topological polar surface area (TPSA) is 77.1 Å². The zero-order chi connectivity index (χ0) is 16.4. The van der Waals surface area contributed by atoms with E-state index in [2.05, 4.69) is 36.4 Å². The van der Waals surface area contributed by atoms with Gasteiger partial charge in [0.1, 0.15) is 5.02 Å². The Morgan fingerprint density at radius 1 is 1.43 bits per heavy atom. The van der Waals surface area contributed by atoms with Crippen molar-refractivity contribution in [1.29, 1.82) is 0 Å². The number of nitrogens with one attached hydrogen (secondary N) is 1. The minimum absolute atomic E-state index is 0.183. The van der Waals surface area contributed by atoms with Crippen LogP contribution in [0.4, 0.5) is 0 Å². The fraction of sp³-hybridized carbons (Fsp3) is 0.286. The van der Waals surface area contributed by atoms with E-state index >= 15 is 0 Å². The molecule has 3 aromatic rings. The number of rotatable bonds is 5. The molecule has 0 unspecified atom stereocenters. The molecule has 0 aromatic carbocycles. The van der Waals surface area contributed by atoms with Crippen molar-refractivity contribution in [1.82, 2.24) is 29.7 Å². The van der Waals surface area contributed by atoms with Crippen molar-refractivity contribution in [2.75, 3.05) is 6.54 Å². The fourth-order valence-corrected chi connectivity index (χ4v) is 2.71. The fourth-order valence-electron chi connectivity index (χ4n) is 2.14. The Balaban J connectivity index is 1.57. The highest BCUT2D eigenvalue weighted by Gasteiger charge is 2.18. The molecule has 3 heterocycles. The van der Waals surface area contributed by atoms with Gasteiger partial charge in [-0.05, 0) is 35.3 Å². The summed E-state index contributed by atoms with van der Waals surface area (Å²) in [5.74, 6) is -0.307. The van der Waals surface area contributed by atoms with Crippen molar-refractivity contribution in [3.63, 3.8) is 0 Å². The molecular formula is C14H14BrClN6O. The monoisotopic (exact) mass is 396 g/mol. The highest BCUT2D eigenvalue weighted by Crippen LogP contribution is 2.19. The Morgan fingerprint density at radius 3 is 2.96 bits per heavy atom. The molecule has 0 saturated heterocycles. The number of amides is 1. The minimum atomic E-state index is -0.307. The maximum Gasteiger partial charge on any atom is 0.273 e. The van der Waals surface area contributed by atoms with Gasteiger partial charge >= 0.3 is 0 Å². The molecule has 3 aromatic heterocycles. The van der Waals surface area contributed by atoms with Gasteiger partial charge in [-0.3, -0.25) is 9.48 Å². The Labute approximate surface area is 145 Å². The molecule has 23 heavy (non-hydrogen) atoms. The van der Waals surface area contributed by atoms with Crippen LogP contribution in [0.15, 0.2) is 29.1 Å². The highest BCUT2D eigenvalue weighted by molar-refractivity contribution is 9.10. The van der Waals surface area contributed by atoms with Crippen LogP contribution >= 0.6 is 27.5 Å². The van der Waals surface area contributed by atoms with Gasteiger partial charge < -0.3 is 5.32 Å². The van der Waals surface area contributed by atoms with Gasteiger partial charge in [0, 0.05) is 31.7 Å². The lowest BCUT2D eigenvalue weighted by Crippen LogP contribution is -2.26. The Bertz CT molecular complexity index is 839. The molecule has 1 amide bonds. The number of carbonyl (C=O) groups excluding carboxylic acids is 1. The van der Waals surface area contributed by atoms with E-state index in [9.17, 15) is 4.79 Å². The summed E-state index contributed by atoms with van der Waals surface area (Å²) in [6.45, 7) is 3.15. The van der Waals surface area contributed by atoms with Gasteiger partial charge in [0.25, 0.3) is 5.91 Å². The second-order valence-corrected chi connectivity index (χ2v) is 6.22. The van der Waals surface area contributed by atoms with Crippen molar-refractivity contribution in [2.24, 2.45) is 0 Å². The van der Waals surface area contributed by atoms with Gasteiger partial charge in [-0.2, -0.15) is 10.2 Å². The van der Waals surface area contributed by atoms with Crippen LogP contribution in [0, 0.1) is 6.92 Å². The van der Waals surface area contributed by atoms with Crippen molar-refractivity contribution in [2.45, 2.75) is 19.9 Å². The zero-order valence-corrected chi connectivity index (χ0v) is 14.7. The van der Waals surface area contributed by atoms with Crippen molar-refractivity contribution in [3.8, 4) is 0 Å². The van der Waals surface area contributed by atoms with E-state index in [0.717, 1.165) is 16.6 Å². The Hall–Kier alpha value is -1.93. The first-order valence-corrected chi connectivity index (χ1v) is 8.20. The van der Waals surface area contributed by atoms with E-state index in [1.54, 1.807) is 18.5 Å². The van der Waals surface area contributed by atoms with Crippen LogP contribution in [-0.4, -0.2) is 36.8 Å². The van der Waals surface area contributed by atoms with Gasteiger partial charge in [0.15, 0.2) is 11.3 Å². The van der Waals surface area contributed by atoms with Crippen LogP contribution < -0.4 is 5.32 Å². The largest absolute Gasteiger partial charge is 0.351 e. The molecule has 9 heteroatoms. The van der Waals surface area contributed by atoms with Crippen LogP contribution in [0.1, 0.15) is 22.6 Å². The molecule has 0 aliphatic rings. The maximum atomic E-state index is 12.2. The zero-order valence-electron chi connectivity index (χ0n) is 12.3. The predicted octanol–water partition coefficient (Wildman–Crippen LogP) is 2.47. The minimum Gasteiger partial charge on any atom is -0.351 e. The first-order chi connectivity index (χ1) is 11.1. The Morgan fingerprint density at radius 2 is 2.26 bits per heavy atom. The molecule has 0 radical (unpaired) electrons. The molecule has 0 aliphatic heterocycles. The number of halogens is 2. The highest BCUT2D eigenvalue weighted by atomic mass is 79.9. The van der Waals surface area contributed by atoms with E-state index in [1.807, 2.05) is 17.8 Å². The standard InChI is InChI=1S/C14H14BrClN6O/c1-9-10(15)8-21(19-9)6-2-5-18-14(23)12-11(16)13-17-4-3-7-22(13)20-12/h3-4,7-8H,2,5-6H2,1H3,(H,18,23). The lowest BCUT2D eigenvalue weighted by atomic mass is 10.3. The van der Waals surface area contributed by atoms with E-state index < -0.39 is 0 Å². The summed E-state index contributed by atoms with van der Waals surface area (Å²) >= 11 is 9.57. The van der Waals surface area contributed by atoms with E-state index in [1.165, 1.54) is 4.52 Å². The number of hydrogen-bond donors (Lipinski definition) is 1. The summed E-state index contributed by atoms with van der Waals surface area (Å²) in [4.78, 5) is 16.3. The number of aromatic nitrogens is 5. The molecule has 1 N–H and O–H groups in total. The normalized spacial score (nSPS) is 11.1.